The van der Waals surface area contributed by atoms with Crippen LogP contribution < -0.4 is 4.90 Å². The minimum absolute atomic E-state index is 0.0929. The number of esters is 1. The molecule has 0 spiro atoms. The molecule has 2 aliphatic carbocycles. The van der Waals surface area contributed by atoms with Crippen LogP contribution in [0, 0.1) is 36.4 Å². The Balaban J connectivity index is 1.17. The average molecular weight is 563 g/mol. The standard InChI is InChI=1S/C34H27FN2O5/c1-18-3-2-4-25-26(34(41)42-17-28(38)20-7-11-23(35)12-8-20)16-27(36-31(18)25)19-9-13-24(14-10-19)37-32(39)29-21-5-6-22(15-21)30(29)33(37)40/h2-4,7-14,16,21-22,29-30H,5-6,15,17H2,1H3. The molecule has 2 amide bonds. The van der Waals surface area contributed by atoms with Gasteiger partial charge in [-0.3, -0.25) is 19.3 Å². The van der Waals surface area contributed by atoms with Crippen LogP contribution in [0.2, 0.25) is 0 Å². The normalized spacial score (nSPS) is 22.6. The third kappa shape index (κ3) is 4.21. The smallest absolute Gasteiger partial charge is 0.339 e. The Morgan fingerprint density at radius 2 is 1.60 bits per heavy atom. The second-order valence-electron chi connectivity index (χ2n) is 11.5. The van der Waals surface area contributed by atoms with Crippen LogP contribution in [0.4, 0.5) is 10.1 Å². The van der Waals surface area contributed by atoms with Gasteiger partial charge in [0.05, 0.1) is 34.3 Å². The van der Waals surface area contributed by atoms with Crippen molar-refractivity contribution in [2.75, 3.05) is 11.5 Å². The van der Waals surface area contributed by atoms with E-state index in [-0.39, 0.29) is 34.8 Å². The lowest BCUT2D eigenvalue weighted by molar-refractivity contribution is -0.123. The van der Waals surface area contributed by atoms with Gasteiger partial charge < -0.3 is 4.74 Å². The van der Waals surface area contributed by atoms with Crippen molar-refractivity contribution in [1.29, 1.82) is 0 Å². The molecule has 3 aliphatic rings. The first-order valence-electron chi connectivity index (χ1n) is 14.1. The summed E-state index contributed by atoms with van der Waals surface area (Å²) >= 11 is 0. The van der Waals surface area contributed by atoms with Crippen LogP contribution in [0.15, 0.2) is 72.8 Å². The molecule has 3 fully saturated rings. The van der Waals surface area contributed by atoms with Gasteiger partial charge in [-0.2, -0.15) is 0 Å². The number of anilines is 1. The molecule has 4 unspecified atom stereocenters. The zero-order chi connectivity index (χ0) is 29.1. The largest absolute Gasteiger partial charge is 0.454 e. The van der Waals surface area contributed by atoms with Gasteiger partial charge >= 0.3 is 5.97 Å². The van der Waals surface area contributed by atoms with Gasteiger partial charge in [0.25, 0.3) is 0 Å². The third-order valence-electron chi connectivity index (χ3n) is 9.11. The number of ether oxygens (including phenoxy) is 1. The topological polar surface area (TPSA) is 93.6 Å². The van der Waals surface area contributed by atoms with E-state index in [4.69, 9.17) is 9.72 Å². The number of carbonyl (C=O) groups excluding carboxylic acids is 4. The molecule has 7 rings (SSSR count). The van der Waals surface area contributed by atoms with Crippen molar-refractivity contribution >= 4 is 40.2 Å². The zero-order valence-electron chi connectivity index (χ0n) is 22.9. The average Bonchev–Trinajstić information content (AvgIpc) is 3.69. The monoisotopic (exact) mass is 562 g/mol. The molecule has 2 heterocycles. The van der Waals surface area contributed by atoms with Crippen LogP contribution in [-0.2, 0) is 14.3 Å². The lowest BCUT2D eigenvalue weighted by atomic mass is 9.81. The molecule has 1 saturated heterocycles. The molecule has 4 atom stereocenters. The SMILES string of the molecule is Cc1cccc2c(C(=O)OCC(=O)c3ccc(F)cc3)cc(-c3ccc(N4C(=O)C5C6CCC(C6)C5C4=O)cc3)nc12. The van der Waals surface area contributed by atoms with Crippen LogP contribution in [0.3, 0.4) is 0 Å². The van der Waals surface area contributed by atoms with Gasteiger partial charge in [0.1, 0.15) is 5.82 Å². The van der Waals surface area contributed by atoms with E-state index >= 15 is 0 Å². The Kier molecular flexibility index (Phi) is 6.22. The van der Waals surface area contributed by atoms with E-state index in [9.17, 15) is 23.6 Å². The first-order valence-corrected chi connectivity index (χ1v) is 14.1. The number of fused-ring (bicyclic) bond motifs is 6. The number of hydrogen-bond acceptors (Lipinski definition) is 6. The summed E-state index contributed by atoms with van der Waals surface area (Å²) in [5.74, 6) is -1.53. The zero-order valence-corrected chi connectivity index (χ0v) is 22.9. The van der Waals surface area contributed by atoms with E-state index in [2.05, 4.69) is 0 Å². The molecular weight excluding hydrogens is 535 g/mol. The molecule has 2 saturated carbocycles. The van der Waals surface area contributed by atoms with Crippen LogP contribution in [-0.4, -0.2) is 35.2 Å². The van der Waals surface area contributed by atoms with Crippen molar-refractivity contribution in [3.05, 3.63) is 95.3 Å². The highest BCUT2D eigenvalue weighted by molar-refractivity contribution is 6.22. The van der Waals surface area contributed by atoms with E-state index in [1.807, 2.05) is 19.1 Å². The number of rotatable bonds is 6. The fourth-order valence-electron chi connectivity index (χ4n) is 7.08. The molecule has 8 heteroatoms. The Labute approximate surface area is 241 Å². The van der Waals surface area contributed by atoms with Gasteiger partial charge in [0.2, 0.25) is 11.8 Å². The highest BCUT2D eigenvalue weighted by Crippen LogP contribution is 2.56. The van der Waals surface area contributed by atoms with Crippen molar-refractivity contribution < 1.29 is 28.3 Å². The van der Waals surface area contributed by atoms with Gasteiger partial charge in [0, 0.05) is 16.5 Å². The molecule has 0 N–H and O–H groups in total. The summed E-state index contributed by atoms with van der Waals surface area (Å²) in [6.07, 6.45) is 3.03. The quantitative estimate of drug-likeness (QED) is 0.164. The lowest BCUT2D eigenvalue weighted by Gasteiger charge is -2.19. The highest BCUT2D eigenvalue weighted by Gasteiger charge is 2.61. The third-order valence-corrected chi connectivity index (χ3v) is 9.11. The maximum absolute atomic E-state index is 13.3. The number of aryl methyl sites for hydroxylation is 1. The number of para-hydroxylation sites is 1. The second-order valence-corrected chi connectivity index (χ2v) is 11.5. The molecule has 1 aliphatic heterocycles. The van der Waals surface area contributed by atoms with Gasteiger partial charge in [-0.05, 0) is 86.1 Å². The summed E-state index contributed by atoms with van der Waals surface area (Å²) < 4.78 is 18.6. The van der Waals surface area contributed by atoms with Gasteiger partial charge in [-0.15, -0.1) is 0 Å². The molecule has 1 aromatic heterocycles. The lowest BCUT2D eigenvalue weighted by Crippen LogP contribution is -2.32. The fraction of sp³-hybridized carbons (Fsp3) is 0.265. The van der Waals surface area contributed by atoms with Crippen molar-refractivity contribution in [3.8, 4) is 11.3 Å². The van der Waals surface area contributed by atoms with Crippen molar-refractivity contribution in [3.63, 3.8) is 0 Å². The maximum Gasteiger partial charge on any atom is 0.339 e. The van der Waals surface area contributed by atoms with Crippen LogP contribution in [0.5, 0.6) is 0 Å². The summed E-state index contributed by atoms with van der Waals surface area (Å²) in [7, 11) is 0. The minimum Gasteiger partial charge on any atom is -0.454 e. The van der Waals surface area contributed by atoms with Crippen LogP contribution in [0.25, 0.3) is 22.2 Å². The number of benzene rings is 3. The molecular formula is C34H27FN2O5. The molecule has 210 valence electrons. The van der Waals surface area contributed by atoms with E-state index in [1.54, 1.807) is 36.4 Å². The number of pyridine rings is 1. The summed E-state index contributed by atoms with van der Waals surface area (Å²) in [5.41, 5.74) is 3.71. The van der Waals surface area contributed by atoms with E-state index in [0.29, 0.717) is 39.7 Å². The predicted octanol–water partition coefficient (Wildman–Crippen LogP) is 5.92. The summed E-state index contributed by atoms with van der Waals surface area (Å²) in [4.78, 5) is 58.5. The van der Waals surface area contributed by atoms with E-state index in [0.717, 1.165) is 24.8 Å². The first-order chi connectivity index (χ1) is 20.3. The van der Waals surface area contributed by atoms with Crippen molar-refractivity contribution in [1.82, 2.24) is 4.98 Å². The highest BCUT2D eigenvalue weighted by atomic mass is 19.1. The maximum atomic E-state index is 13.3. The van der Waals surface area contributed by atoms with Crippen molar-refractivity contribution in [2.45, 2.75) is 26.2 Å². The fourth-order valence-corrected chi connectivity index (χ4v) is 7.08. The van der Waals surface area contributed by atoms with Gasteiger partial charge in [-0.25, -0.2) is 14.2 Å². The number of imide groups is 1. The molecule has 7 nitrogen and oxygen atoms in total. The van der Waals surface area contributed by atoms with Gasteiger partial charge in [-0.1, -0.05) is 30.3 Å². The van der Waals surface area contributed by atoms with Gasteiger partial charge in [0.15, 0.2) is 12.4 Å². The molecule has 0 radical (unpaired) electrons. The predicted molar refractivity (Wildman–Crippen MR) is 153 cm³/mol. The van der Waals surface area contributed by atoms with Crippen LogP contribution >= 0.6 is 0 Å². The second kappa shape index (κ2) is 9.98. The Morgan fingerprint density at radius 1 is 0.929 bits per heavy atom. The molecule has 42 heavy (non-hydrogen) atoms. The summed E-state index contributed by atoms with van der Waals surface area (Å²) in [6.45, 7) is 1.40. The summed E-state index contributed by atoms with van der Waals surface area (Å²) in [6, 6.07) is 19.2. The number of ketones is 1. The molecule has 2 bridgehead atoms. The summed E-state index contributed by atoms with van der Waals surface area (Å²) in [5, 5.41) is 0.587. The Bertz CT molecular complexity index is 1750. The van der Waals surface area contributed by atoms with Crippen LogP contribution in [0.1, 0.15) is 45.5 Å². The number of Topliss-reactive ketones (excluding diaryl/α,β-unsaturated/α-hetero) is 1. The Morgan fingerprint density at radius 3 is 2.26 bits per heavy atom. The molecule has 3 aromatic carbocycles. The number of carbonyl (C=O) groups is 4. The minimum atomic E-state index is -0.684. The number of amides is 2. The molecule has 4 aromatic rings. The first kappa shape index (κ1) is 26.2. The Hall–Kier alpha value is -4.72. The number of hydrogen-bond donors (Lipinski definition) is 0. The van der Waals surface area contributed by atoms with E-state index in [1.165, 1.54) is 29.2 Å². The van der Waals surface area contributed by atoms with Crippen molar-refractivity contribution in [2.24, 2.45) is 23.7 Å². The van der Waals surface area contributed by atoms with E-state index < -0.39 is 24.2 Å². The number of aromatic nitrogens is 1. The number of halogens is 1. The number of nitrogens with zero attached hydrogens (tertiary/aromatic N) is 2.